The van der Waals surface area contributed by atoms with E-state index in [0.717, 1.165) is 30.8 Å². The number of nitrogens with zero attached hydrogens (tertiary/aromatic N) is 3. The minimum atomic E-state index is -0.645. The number of rotatable bonds is 8. The molecule has 8 heteroatoms. The predicted octanol–water partition coefficient (Wildman–Crippen LogP) is 2.02. The third-order valence-corrected chi connectivity index (χ3v) is 5.05. The monoisotopic (exact) mass is 342 g/mol. The molecule has 0 atom stereocenters. The summed E-state index contributed by atoms with van der Waals surface area (Å²) in [4.78, 5) is 17.1. The standard InChI is InChI=1S/C14H22N4O2S2/c1-4-5-10-8-11(19)18-13(16-10)22-12(17-18)15-6-7-21-9-14(2,3)20/h8,20H,4-7,9H2,1-3H3,(H,15,17). The van der Waals surface area contributed by atoms with Gasteiger partial charge in [0.25, 0.3) is 5.56 Å². The van der Waals surface area contributed by atoms with Gasteiger partial charge >= 0.3 is 0 Å². The Morgan fingerprint density at radius 3 is 2.95 bits per heavy atom. The Bertz CT molecular complexity index is 676. The van der Waals surface area contributed by atoms with Crippen LogP contribution in [-0.4, -0.2) is 43.4 Å². The molecule has 0 saturated carbocycles. The molecule has 0 amide bonds. The summed E-state index contributed by atoms with van der Waals surface area (Å²) in [5.74, 6) is 1.55. The maximum atomic E-state index is 12.0. The third kappa shape index (κ3) is 4.96. The molecule has 2 N–H and O–H groups in total. The van der Waals surface area contributed by atoms with Crippen molar-refractivity contribution in [3.63, 3.8) is 0 Å². The average molecular weight is 342 g/mol. The van der Waals surface area contributed by atoms with Gasteiger partial charge in [-0.2, -0.15) is 16.3 Å². The van der Waals surface area contributed by atoms with Crippen molar-refractivity contribution in [3.05, 3.63) is 22.1 Å². The van der Waals surface area contributed by atoms with Gasteiger partial charge in [0.05, 0.1) is 5.60 Å². The number of aromatic nitrogens is 3. The molecule has 2 aromatic rings. The number of nitrogens with one attached hydrogen (secondary N) is 1. The van der Waals surface area contributed by atoms with Gasteiger partial charge in [0, 0.05) is 29.8 Å². The molecule has 0 radical (unpaired) electrons. The van der Waals surface area contributed by atoms with Crippen molar-refractivity contribution in [3.8, 4) is 0 Å². The molecule has 0 aliphatic heterocycles. The van der Waals surface area contributed by atoms with Gasteiger partial charge in [-0.05, 0) is 20.3 Å². The second-order valence-electron chi connectivity index (χ2n) is 5.73. The molecule has 2 rings (SSSR count). The SMILES string of the molecule is CCCc1cc(=O)n2nc(NCCSCC(C)(C)O)sc2n1. The van der Waals surface area contributed by atoms with E-state index in [4.69, 9.17) is 0 Å². The summed E-state index contributed by atoms with van der Waals surface area (Å²) in [7, 11) is 0. The van der Waals surface area contributed by atoms with Crippen LogP contribution < -0.4 is 10.9 Å². The van der Waals surface area contributed by atoms with Crippen molar-refractivity contribution in [2.75, 3.05) is 23.4 Å². The average Bonchev–Trinajstić information content (AvgIpc) is 2.81. The van der Waals surface area contributed by atoms with E-state index in [1.807, 2.05) is 0 Å². The Kier molecular flexibility index (Phi) is 5.82. The summed E-state index contributed by atoms with van der Waals surface area (Å²) in [5, 5.41) is 17.8. The van der Waals surface area contributed by atoms with E-state index in [1.165, 1.54) is 15.9 Å². The molecule has 22 heavy (non-hydrogen) atoms. The van der Waals surface area contributed by atoms with Crippen molar-refractivity contribution in [2.24, 2.45) is 0 Å². The second-order valence-corrected chi connectivity index (χ2v) is 7.79. The normalized spacial score (nSPS) is 12.0. The molecule has 0 unspecified atom stereocenters. The predicted molar refractivity (Wildman–Crippen MR) is 93.2 cm³/mol. The second kappa shape index (κ2) is 7.43. The molecule has 122 valence electrons. The number of aliphatic hydroxyl groups is 1. The van der Waals surface area contributed by atoms with Gasteiger partial charge in [0.2, 0.25) is 10.1 Å². The molecule has 0 saturated heterocycles. The van der Waals surface area contributed by atoms with Crippen LogP contribution in [-0.2, 0) is 6.42 Å². The molecular weight excluding hydrogens is 320 g/mol. The van der Waals surface area contributed by atoms with E-state index >= 15 is 0 Å². The van der Waals surface area contributed by atoms with Crippen LogP contribution in [0.15, 0.2) is 10.9 Å². The fourth-order valence-corrected chi connectivity index (χ4v) is 3.60. The van der Waals surface area contributed by atoms with Gasteiger partial charge in [0.1, 0.15) is 0 Å². The van der Waals surface area contributed by atoms with Crippen LogP contribution in [0.4, 0.5) is 5.13 Å². The quantitative estimate of drug-likeness (QED) is 0.715. The highest BCUT2D eigenvalue weighted by Crippen LogP contribution is 2.17. The summed E-state index contributed by atoms with van der Waals surface area (Å²) in [5.41, 5.74) is 0.0468. The Morgan fingerprint density at radius 2 is 2.27 bits per heavy atom. The first kappa shape index (κ1) is 17.2. The zero-order chi connectivity index (χ0) is 16.2. The molecule has 0 aliphatic rings. The molecule has 6 nitrogen and oxygen atoms in total. The lowest BCUT2D eigenvalue weighted by atomic mass is 10.2. The van der Waals surface area contributed by atoms with Gasteiger partial charge in [-0.15, -0.1) is 5.10 Å². The Hall–Kier alpha value is -1.12. The smallest absolute Gasteiger partial charge is 0.275 e. The zero-order valence-electron chi connectivity index (χ0n) is 13.1. The highest BCUT2D eigenvalue weighted by atomic mass is 32.2. The molecular formula is C14H22N4O2S2. The minimum Gasteiger partial charge on any atom is -0.390 e. The first-order valence-electron chi connectivity index (χ1n) is 7.33. The summed E-state index contributed by atoms with van der Waals surface area (Å²) in [6.45, 7) is 6.39. The number of hydrogen-bond acceptors (Lipinski definition) is 7. The molecule has 2 heterocycles. The van der Waals surface area contributed by atoms with Crippen LogP contribution in [0.2, 0.25) is 0 Å². The molecule has 0 aromatic carbocycles. The number of thioether (sulfide) groups is 1. The molecule has 0 bridgehead atoms. The van der Waals surface area contributed by atoms with E-state index in [1.54, 1.807) is 31.7 Å². The van der Waals surface area contributed by atoms with Crippen LogP contribution in [0.1, 0.15) is 32.9 Å². The van der Waals surface area contributed by atoms with Crippen molar-refractivity contribution in [2.45, 2.75) is 39.2 Å². The summed E-state index contributed by atoms with van der Waals surface area (Å²) in [6, 6.07) is 1.55. The van der Waals surface area contributed by atoms with Crippen LogP contribution in [0, 0.1) is 0 Å². The van der Waals surface area contributed by atoms with E-state index < -0.39 is 5.60 Å². The maximum absolute atomic E-state index is 12.0. The lowest BCUT2D eigenvalue weighted by molar-refractivity contribution is 0.107. The lowest BCUT2D eigenvalue weighted by Crippen LogP contribution is -2.22. The lowest BCUT2D eigenvalue weighted by Gasteiger charge is -2.15. The number of anilines is 1. The molecule has 0 spiro atoms. The van der Waals surface area contributed by atoms with Crippen LogP contribution >= 0.6 is 23.1 Å². The largest absolute Gasteiger partial charge is 0.390 e. The van der Waals surface area contributed by atoms with Crippen molar-refractivity contribution in [1.29, 1.82) is 0 Å². The number of fused-ring (bicyclic) bond motifs is 1. The third-order valence-electron chi connectivity index (χ3n) is 2.78. The van der Waals surface area contributed by atoms with E-state index in [0.29, 0.717) is 15.8 Å². The number of hydrogen-bond donors (Lipinski definition) is 2. The summed E-state index contributed by atoms with van der Waals surface area (Å²) < 4.78 is 1.34. The van der Waals surface area contributed by atoms with Crippen molar-refractivity contribution in [1.82, 2.24) is 14.6 Å². The van der Waals surface area contributed by atoms with Crippen molar-refractivity contribution < 1.29 is 5.11 Å². The van der Waals surface area contributed by atoms with Crippen LogP contribution in [0.25, 0.3) is 4.96 Å². The Labute approximate surface area is 138 Å². The van der Waals surface area contributed by atoms with Gasteiger partial charge in [-0.1, -0.05) is 24.7 Å². The van der Waals surface area contributed by atoms with E-state index in [2.05, 4.69) is 22.3 Å². The minimum absolute atomic E-state index is 0.130. The van der Waals surface area contributed by atoms with Gasteiger partial charge < -0.3 is 10.4 Å². The summed E-state index contributed by atoms with van der Waals surface area (Å²) >= 11 is 3.06. The molecule has 0 aliphatic carbocycles. The van der Waals surface area contributed by atoms with Gasteiger partial charge in [0.15, 0.2) is 0 Å². The zero-order valence-corrected chi connectivity index (χ0v) is 14.8. The fourth-order valence-electron chi connectivity index (χ4n) is 1.86. The number of aryl methyl sites for hydroxylation is 1. The van der Waals surface area contributed by atoms with Crippen LogP contribution in [0.3, 0.4) is 0 Å². The first-order valence-corrected chi connectivity index (χ1v) is 9.30. The van der Waals surface area contributed by atoms with E-state index in [9.17, 15) is 9.90 Å². The molecule has 2 aromatic heterocycles. The van der Waals surface area contributed by atoms with Gasteiger partial charge in [-0.3, -0.25) is 4.79 Å². The summed E-state index contributed by atoms with van der Waals surface area (Å²) in [6.07, 6.45) is 1.77. The van der Waals surface area contributed by atoms with Crippen molar-refractivity contribution >= 4 is 33.2 Å². The Morgan fingerprint density at radius 1 is 1.50 bits per heavy atom. The highest BCUT2D eigenvalue weighted by Gasteiger charge is 2.12. The first-order chi connectivity index (χ1) is 10.4. The molecule has 0 fully saturated rings. The fraction of sp³-hybridized carbons (Fsp3) is 0.643. The van der Waals surface area contributed by atoms with E-state index in [-0.39, 0.29) is 5.56 Å². The topological polar surface area (TPSA) is 79.5 Å². The highest BCUT2D eigenvalue weighted by molar-refractivity contribution is 7.99. The van der Waals surface area contributed by atoms with Gasteiger partial charge in [-0.25, -0.2) is 4.98 Å². The van der Waals surface area contributed by atoms with Crippen LogP contribution in [0.5, 0.6) is 0 Å². The Balaban J connectivity index is 1.95. The maximum Gasteiger partial charge on any atom is 0.275 e.